The first-order valence-electron chi connectivity index (χ1n) is 8.39. The lowest BCUT2D eigenvalue weighted by molar-refractivity contribution is -0.116. The second kappa shape index (κ2) is 8.54. The molecule has 134 valence electrons. The highest BCUT2D eigenvalue weighted by atomic mass is 35.5. The Bertz CT molecular complexity index is 861. The third-order valence-corrected chi connectivity index (χ3v) is 4.13. The van der Waals surface area contributed by atoms with E-state index in [9.17, 15) is 4.79 Å². The number of hydrogen-bond acceptors (Lipinski definition) is 3. The molecule has 6 heteroatoms. The maximum absolute atomic E-state index is 12.0. The average molecular weight is 370 g/mol. The van der Waals surface area contributed by atoms with Crippen LogP contribution in [0.15, 0.2) is 61.2 Å². The largest absolute Gasteiger partial charge is 0.493 e. The van der Waals surface area contributed by atoms with Gasteiger partial charge in [-0.1, -0.05) is 11.6 Å². The summed E-state index contributed by atoms with van der Waals surface area (Å²) in [5.74, 6) is 0.765. The van der Waals surface area contributed by atoms with Gasteiger partial charge in [-0.25, -0.2) is 4.98 Å². The van der Waals surface area contributed by atoms with Gasteiger partial charge >= 0.3 is 0 Å². The van der Waals surface area contributed by atoms with Crippen LogP contribution >= 0.6 is 11.6 Å². The molecule has 1 aromatic heterocycles. The van der Waals surface area contributed by atoms with Gasteiger partial charge in [-0.15, -0.1) is 0 Å². The number of amides is 1. The Labute approximate surface area is 157 Å². The van der Waals surface area contributed by atoms with Gasteiger partial charge in [-0.2, -0.15) is 0 Å². The van der Waals surface area contributed by atoms with Crippen LogP contribution in [0, 0.1) is 6.92 Å². The summed E-state index contributed by atoms with van der Waals surface area (Å²) in [5, 5.41) is 3.58. The highest BCUT2D eigenvalue weighted by Gasteiger charge is 2.05. The number of nitrogens with one attached hydrogen (secondary N) is 1. The molecule has 0 unspecified atom stereocenters. The van der Waals surface area contributed by atoms with Crippen LogP contribution in [-0.2, 0) is 4.79 Å². The van der Waals surface area contributed by atoms with E-state index in [1.54, 1.807) is 18.6 Å². The predicted molar refractivity (Wildman–Crippen MR) is 103 cm³/mol. The second-order valence-corrected chi connectivity index (χ2v) is 6.36. The molecule has 1 N–H and O–H groups in total. The van der Waals surface area contributed by atoms with Crippen molar-refractivity contribution in [2.24, 2.45) is 0 Å². The Morgan fingerprint density at radius 1 is 1.23 bits per heavy atom. The first-order valence-corrected chi connectivity index (χ1v) is 8.77. The monoisotopic (exact) mass is 369 g/mol. The average Bonchev–Trinajstić information content (AvgIpc) is 3.15. The Hall–Kier alpha value is -2.79. The van der Waals surface area contributed by atoms with E-state index < -0.39 is 0 Å². The summed E-state index contributed by atoms with van der Waals surface area (Å²) in [5.41, 5.74) is 2.75. The highest BCUT2D eigenvalue weighted by Crippen LogP contribution is 2.22. The van der Waals surface area contributed by atoms with Crippen LogP contribution in [0.4, 0.5) is 5.69 Å². The van der Waals surface area contributed by atoms with Crippen molar-refractivity contribution in [1.82, 2.24) is 9.55 Å². The predicted octanol–water partition coefficient (Wildman–Crippen LogP) is 4.63. The molecule has 0 aliphatic carbocycles. The number of aromatic nitrogens is 2. The smallest absolute Gasteiger partial charge is 0.224 e. The highest BCUT2D eigenvalue weighted by molar-refractivity contribution is 6.30. The minimum atomic E-state index is -0.0307. The fraction of sp³-hybridized carbons (Fsp3) is 0.200. The number of halogens is 1. The number of hydrogen-bond donors (Lipinski definition) is 1. The number of imidazole rings is 1. The zero-order chi connectivity index (χ0) is 18.4. The fourth-order valence-electron chi connectivity index (χ4n) is 2.54. The summed E-state index contributed by atoms with van der Waals surface area (Å²) in [7, 11) is 0. The summed E-state index contributed by atoms with van der Waals surface area (Å²) in [6.45, 7) is 2.43. The van der Waals surface area contributed by atoms with E-state index >= 15 is 0 Å². The number of ether oxygens (including phenoxy) is 1. The van der Waals surface area contributed by atoms with Crippen LogP contribution in [0.1, 0.15) is 18.4 Å². The van der Waals surface area contributed by atoms with Gasteiger partial charge in [-0.3, -0.25) is 4.79 Å². The number of nitrogens with zero attached hydrogens (tertiary/aromatic N) is 2. The van der Waals surface area contributed by atoms with Crippen molar-refractivity contribution in [2.45, 2.75) is 19.8 Å². The number of aryl methyl sites for hydroxylation is 1. The lowest BCUT2D eigenvalue weighted by Gasteiger charge is -2.10. The fourth-order valence-corrected chi connectivity index (χ4v) is 2.77. The van der Waals surface area contributed by atoms with Crippen LogP contribution in [-0.4, -0.2) is 22.1 Å². The molecule has 0 spiro atoms. The number of rotatable bonds is 7. The van der Waals surface area contributed by atoms with Crippen molar-refractivity contribution in [1.29, 1.82) is 0 Å². The Balaban J connectivity index is 1.42. The molecule has 0 atom stereocenters. The molecule has 26 heavy (non-hydrogen) atoms. The molecule has 3 rings (SSSR count). The Morgan fingerprint density at radius 3 is 2.73 bits per heavy atom. The number of anilines is 1. The minimum absolute atomic E-state index is 0.0307. The summed E-state index contributed by atoms with van der Waals surface area (Å²) in [6, 6.07) is 13.1. The quantitative estimate of drug-likeness (QED) is 0.617. The lowest BCUT2D eigenvalue weighted by atomic mass is 10.2. The van der Waals surface area contributed by atoms with Crippen LogP contribution < -0.4 is 10.1 Å². The molecule has 1 amide bonds. The molecule has 5 nitrogen and oxygen atoms in total. The molecule has 2 aromatic carbocycles. The van der Waals surface area contributed by atoms with Crippen LogP contribution in [0.2, 0.25) is 5.02 Å². The molecule has 0 aliphatic heterocycles. The normalized spacial score (nSPS) is 10.5. The van der Waals surface area contributed by atoms with Crippen LogP contribution in [0.5, 0.6) is 5.75 Å². The molecular weight excluding hydrogens is 350 g/mol. The van der Waals surface area contributed by atoms with Crippen molar-refractivity contribution < 1.29 is 9.53 Å². The third-order valence-electron chi connectivity index (χ3n) is 3.90. The molecule has 0 radical (unpaired) electrons. The maximum atomic E-state index is 12.0. The van der Waals surface area contributed by atoms with E-state index in [2.05, 4.69) is 10.3 Å². The third kappa shape index (κ3) is 4.86. The Morgan fingerprint density at radius 2 is 2.04 bits per heavy atom. The first kappa shape index (κ1) is 18.0. The molecular formula is C20H20ClN3O2. The van der Waals surface area contributed by atoms with Crippen molar-refractivity contribution in [3.63, 3.8) is 0 Å². The molecule has 0 fully saturated rings. The maximum Gasteiger partial charge on any atom is 0.224 e. The van der Waals surface area contributed by atoms with E-state index in [1.807, 2.05) is 54.1 Å². The Kier molecular flexibility index (Phi) is 5.92. The second-order valence-electron chi connectivity index (χ2n) is 5.93. The van der Waals surface area contributed by atoms with Gasteiger partial charge in [0.15, 0.2) is 0 Å². The number of carbonyl (C=O) groups excluding carboxylic acids is 1. The van der Waals surface area contributed by atoms with Gasteiger partial charge in [0, 0.05) is 35.2 Å². The molecule has 0 aliphatic rings. The number of benzene rings is 2. The van der Waals surface area contributed by atoms with Gasteiger partial charge < -0.3 is 14.6 Å². The van der Waals surface area contributed by atoms with E-state index in [1.165, 1.54) is 0 Å². The SMILES string of the molecule is Cc1cc(Cl)ccc1OCCCC(=O)Nc1ccc(-n2ccnc2)cc1. The molecule has 0 bridgehead atoms. The van der Waals surface area contributed by atoms with Crippen LogP contribution in [0.3, 0.4) is 0 Å². The standard InChI is InChI=1S/C20H20ClN3O2/c1-15-13-16(21)4-9-19(15)26-12-2-3-20(25)23-17-5-7-18(8-6-17)24-11-10-22-14-24/h4-11,13-14H,2-3,12H2,1H3,(H,23,25). The van der Waals surface area contributed by atoms with Crippen molar-refractivity contribution in [2.75, 3.05) is 11.9 Å². The van der Waals surface area contributed by atoms with Gasteiger partial charge in [-0.05, 0) is 61.4 Å². The van der Waals surface area contributed by atoms with E-state index in [-0.39, 0.29) is 5.91 Å². The van der Waals surface area contributed by atoms with Crippen molar-refractivity contribution in [3.8, 4) is 11.4 Å². The summed E-state index contributed by atoms with van der Waals surface area (Å²) in [6.07, 6.45) is 6.37. The lowest BCUT2D eigenvalue weighted by Crippen LogP contribution is -2.13. The molecule has 3 aromatic rings. The summed E-state index contributed by atoms with van der Waals surface area (Å²) < 4.78 is 7.61. The van der Waals surface area contributed by atoms with E-state index in [0.717, 1.165) is 22.7 Å². The van der Waals surface area contributed by atoms with Gasteiger partial charge in [0.25, 0.3) is 0 Å². The van der Waals surface area contributed by atoms with Gasteiger partial charge in [0.05, 0.1) is 12.9 Å². The van der Waals surface area contributed by atoms with E-state index in [4.69, 9.17) is 16.3 Å². The molecule has 0 saturated heterocycles. The molecule has 1 heterocycles. The minimum Gasteiger partial charge on any atom is -0.493 e. The first-order chi connectivity index (χ1) is 12.6. The van der Waals surface area contributed by atoms with Crippen molar-refractivity contribution in [3.05, 3.63) is 71.8 Å². The summed E-state index contributed by atoms with van der Waals surface area (Å²) >= 11 is 5.92. The van der Waals surface area contributed by atoms with Gasteiger partial charge in [0.1, 0.15) is 5.75 Å². The zero-order valence-corrected chi connectivity index (χ0v) is 15.2. The van der Waals surface area contributed by atoms with Gasteiger partial charge in [0.2, 0.25) is 5.91 Å². The summed E-state index contributed by atoms with van der Waals surface area (Å²) in [4.78, 5) is 16.1. The van der Waals surface area contributed by atoms with Crippen LogP contribution in [0.25, 0.3) is 5.69 Å². The topological polar surface area (TPSA) is 56.1 Å². The molecule has 0 saturated carbocycles. The zero-order valence-electron chi connectivity index (χ0n) is 14.5. The van der Waals surface area contributed by atoms with E-state index in [0.29, 0.717) is 24.5 Å². The number of carbonyl (C=O) groups is 1. The van der Waals surface area contributed by atoms with Crippen molar-refractivity contribution >= 4 is 23.2 Å².